The first-order chi connectivity index (χ1) is 13.5. The van der Waals surface area contributed by atoms with Crippen molar-refractivity contribution in [1.82, 2.24) is 4.98 Å². The second kappa shape index (κ2) is 9.26. The standard InChI is InChI=1S/C23H24ClNO2S/c1-5-18-16(11-12-26-4)7-6-8-19(18)22-14-25-23(28-22)17-9-10-21(20(24)13-17)27-15(2)3/h6-15H,5H2,1-4H3. The fourth-order valence-electron chi connectivity index (χ4n) is 3.04. The summed E-state index contributed by atoms with van der Waals surface area (Å²) < 4.78 is 10.8. The smallest absolute Gasteiger partial charge is 0.138 e. The Morgan fingerprint density at radius 2 is 2.04 bits per heavy atom. The van der Waals surface area contributed by atoms with E-state index >= 15 is 0 Å². The van der Waals surface area contributed by atoms with E-state index in [2.05, 4.69) is 30.1 Å². The Balaban J connectivity index is 1.95. The number of methoxy groups -OCH3 is 1. The molecule has 0 atom stereocenters. The number of halogens is 1. The molecule has 0 saturated heterocycles. The van der Waals surface area contributed by atoms with Crippen molar-refractivity contribution in [2.75, 3.05) is 7.11 Å². The molecule has 0 aliphatic rings. The predicted octanol–water partition coefficient (Wildman–Crippen LogP) is 7.10. The number of hydrogen-bond donors (Lipinski definition) is 0. The quantitative estimate of drug-likeness (QED) is 0.387. The Morgan fingerprint density at radius 1 is 1.21 bits per heavy atom. The summed E-state index contributed by atoms with van der Waals surface area (Å²) in [6.45, 7) is 6.13. The van der Waals surface area contributed by atoms with Crippen LogP contribution in [0.2, 0.25) is 5.02 Å². The van der Waals surface area contributed by atoms with Crippen molar-refractivity contribution >= 4 is 29.0 Å². The van der Waals surface area contributed by atoms with Gasteiger partial charge in [0, 0.05) is 11.8 Å². The highest BCUT2D eigenvalue weighted by Crippen LogP contribution is 2.37. The van der Waals surface area contributed by atoms with Crippen molar-refractivity contribution in [3.8, 4) is 26.8 Å². The van der Waals surface area contributed by atoms with Crippen molar-refractivity contribution in [3.05, 3.63) is 65.0 Å². The first kappa shape index (κ1) is 20.4. The Labute approximate surface area is 175 Å². The van der Waals surface area contributed by atoms with Crippen LogP contribution in [0, 0.1) is 0 Å². The lowest BCUT2D eigenvalue weighted by Crippen LogP contribution is -2.05. The number of rotatable bonds is 7. The average molecular weight is 414 g/mol. The molecule has 1 heterocycles. The zero-order valence-electron chi connectivity index (χ0n) is 16.5. The van der Waals surface area contributed by atoms with Crippen LogP contribution in [0.3, 0.4) is 0 Å². The summed E-state index contributed by atoms with van der Waals surface area (Å²) in [7, 11) is 1.66. The molecule has 28 heavy (non-hydrogen) atoms. The second-order valence-electron chi connectivity index (χ2n) is 6.61. The molecule has 2 aromatic carbocycles. The Hall–Kier alpha value is -2.30. The monoisotopic (exact) mass is 413 g/mol. The van der Waals surface area contributed by atoms with E-state index < -0.39 is 0 Å². The number of hydrogen-bond acceptors (Lipinski definition) is 4. The first-order valence-corrected chi connectivity index (χ1v) is 10.5. The highest BCUT2D eigenvalue weighted by molar-refractivity contribution is 7.18. The van der Waals surface area contributed by atoms with Gasteiger partial charge in [-0.25, -0.2) is 4.98 Å². The minimum Gasteiger partial charge on any atom is -0.504 e. The lowest BCUT2D eigenvalue weighted by atomic mass is 9.98. The minimum atomic E-state index is 0.0849. The zero-order chi connectivity index (χ0) is 20.1. The van der Waals surface area contributed by atoms with Gasteiger partial charge >= 0.3 is 0 Å². The van der Waals surface area contributed by atoms with Crippen molar-refractivity contribution in [2.24, 2.45) is 0 Å². The Bertz CT molecular complexity index is 978. The first-order valence-electron chi connectivity index (χ1n) is 9.27. The van der Waals surface area contributed by atoms with Gasteiger partial charge in [0.05, 0.1) is 29.4 Å². The van der Waals surface area contributed by atoms with E-state index in [1.54, 1.807) is 24.7 Å². The minimum absolute atomic E-state index is 0.0849. The Kier molecular flexibility index (Phi) is 6.76. The maximum Gasteiger partial charge on any atom is 0.138 e. The van der Waals surface area contributed by atoms with Crippen LogP contribution in [0.5, 0.6) is 5.75 Å². The number of ether oxygens (including phenoxy) is 2. The number of benzene rings is 2. The maximum absolute atomic E-state index is 6.40. The molecule has 0 saturated carbocycles. The molecule has 0 aliphatic carbocycles. The van der Waals surface area contributed by atoms with Crippen LogP contribution in [0.4, 0.5) is 0 Å². The summed E-state index contributed by atoms with van der Waals surface area (Å²) in [4.78, 5) is 5.78. The van der Waals surface area contributed by atoms with E-state index in [1.165, 1.54) is 11.1 Å². The summed E-state index contributed by atoms with van der Waals surface area (Å²) in [5, 5.41) is 1.54. The van der Waals surface area contributed by atoms with Crippen LogP contribution in [0.25, 0.3) is 27.1 Å². The normalized spacial score (nSPS) is 11.4. The van der Waals surface area contributed by atoms with E-state index in [4.69, 9.17) is 21.1 Å². The van der Waals surface area contributed by atoms with Gasteiger partial charge in [-0.1, -0.05) is 36.7 Å². The van der Waals surface area contributed by atoms with Gasteiger partial charge in [-0.05, 0) is 61.2 Å². The molecule has 0 amide bonds. The SMILES string of the molecule is CCc1c(C=COC)cccc1-c1cnc(-c2ccc(OC(C)C)c(Cl)c2)s1. The van der Waals surface area contributed by atoms with E-state index in [1.807, 2.05) is 44.3 Å². The van der Waals surface area contributed by atoms with Gasteiger partial charge in [0.25, 0.3) is 0 Å². The molecule has 0 fully saturated rings. The molecular weight excluding hydrogens is 390 g/mol. The maximum atomic E-state index is 6.40. The van der Waals surface area contributed by atoms with Crippen LogP contribution in [0.15, 0.2) is 48.9 Å². The molecule has 0 unspecified atom stereocenters. The average Bonchev–Trinajstić information content (AvgIpc) is 3.17. The van der Waals surface area contributed by atoms with Crippen LogP contribution < -0.4 is 4.74 Å². The zero-order valence-corrected chi connectivity index (χ0v) is 18.1. The largest absolute Gasteiger partial charge is 0.504 e. The van der Waals surface area contributed by atoms with Crippen LogP contribution in [0.1, 0.15) is 31.9 Å². The molecule has 0 aliphatic heterocycles. The van der Waals surface area contributed by atoms with E-state index in [0.29, 0.717) is 10.8 Å². The molecule has 5 heteroatoms. The number of thiazole rings is 1. The Morgan fingerprint density at radius 3 is 2.71 bits per heavy atom. The topological polar surface area (TPSA) is 31.4 Å². The van der Waals surface area contributed by atoms with Gasteiger partial charge in [0.2, 0.25) is 0 Å². The van der Waals surface area contributed by atoms with Gasteiger partial charge < -0.3 is 9.47 Å². The molecule has 3 aromatic rings. The fraction of sp³-hybridized carbons (Fsp3) is 0.261. The summed E-state index contributed by atoms with van der Waals surface area (Å²) in [6, 6.07) is 12.1. The molecule has 0 spiro atoms. The lowest BCUT2D eigenvalue weighted by Gasteiger charge is -2.11. The molecule has 0 N–H and O–H groups in total. The van der Waals surface area contributed by atoms with Gasteiger partial charge in [-0.3, -0.25) is 0 Å². The predicted molar refractivity (Wildman–Crippen MR) is 119 cm³/mol. The van der Waals surface area contributed by atoms with Crippen LogP contribution in [-0.2, 0) is 11.2 Å². The third kappa shape index (κ3) is 4.57. The number of aromatic nitrogens is 1. The molecule has 0 bridgehead atoms. The van der Waals surface area contributed by atoms with Crippen molar-refractivity contribution < 1.29 is 9.47 Å². The highest BCUT2D eigenvalue weighted by Gasteiger charge is 2.13. The summed E-state index contributed by atoms with van der Waals surface area (Å²) in [6.07, 6.45) is 6.66. The summed E-state index contributed by atoms with van der Waals surface area (Å²) in [5.74, 6) is 0.697. The van der Waals surface area contributed by atoms with E-state index in [0.717, 1.165) is 27.4 Å². The van der Waals surface area contributed by atoms with Crippen LogP contribution in [-0.4, -0.2) is 18.2 Å². The molecule has 3 nitrogen and oxygen atoms in total. The number of nitrogens with zero attached hydrogens (tertiary/aromatic N) is 1. The van der Waals surface area contributed by atoms with Crippen molar-refractivity contribution in [3.63, 3.8) is 0 Å². The summed E-state index contributed by atoms with van der Waals surface area (Å²) in [5.41, 5.74) is 4.64. The third-order valence-electron chi connectivity index (χ3n) is 4.26. The second-order valence-corrected chi connectivity index (χ2v) is 8.04. The molecule has 1 aromatic heterocycles. The van der Waals surface area contributed by atoms with Crippen molar-refractivity contribution in [1.29, 1.82) is 0 Å². The van der Waals surface area contributed by atoms with Crippen molar-refractivity contribution in [2.45, 2.75) is 33.3 Å². The van der Waals surface area contributed by atoms with E-state index in [-0.39, 0.29) is 6.10 Å². The van der Waals surface area contributed by atoms with Gasteiger partial charge in [0.1, 0.15) is 10.8 Å². The molecule has 146 valence electrons. The third-order valence-corrected chi connectivity index (χ3v) is 5.64. The molecule has 3 rings (SSSR count). The molecular formula is C23H24ClNO2S. The van der Waals surface area contributed by atoms with Gasteiger partial charge in [-0.15, -0.1) is 11.3 Å². The fourth-order valence-corrected chi connectivity index (χ4v) is 4.23. The van der Waals surface area contributed by atoms with Gasteiger partial charge in [0.15, 0.2) is 0 Å². The highest BCUT2D eigenvalue weighted by atomic mass is 35.5. The lowest BCUT2D eigenvalue weighted by molar-refractivity contribution is 0.242. The van der Waals surface area contributed by atoms with Crippen LogP contribution >= 0.6 is 22.9 Å². The molecule has 0 radical (unpaired) electrons. The van der Waals surface area contributed by atoms with Gasteiger partial charge in [-0.2, -0.15) is 0 Å². The summed E-state index contributed by atoms with van der Waals surface area (Å²) >= 11 is 8.06. The van der Waals surface area contributed by atoms with E-state index in [9.17, 15) is 0 Å².